The van der Waals surface area contributed by atoms with E-state index in [1.165, 1.54) is 0 Å². The Morgan fingerprint density at radius 2 is 1.89 bits per heavy atom. The molecule has 1 heterocycles. The highest BCUT2D eigenvalue weighted by molar-refractivity contribution is 5.94. The normalized spacial score (nSPS) is 11.4. The van der Waals surface area contributed by atoms with E-state index in [-0.39, 0.29) is 11.4 Å². The summed E-state index contributed by atoms with van der Waals surface area (Å²) in [5.74, 6) is -3.04. The van der Waals surface area contributed by atoms with Crippen molar-refractivity contribution in [3.05, 3.63) is 52.7 Å². The molecule has 1 aromatic carbocycles. The Labute approximate surface area is 161 Å². The average Bonchev–Trinajstić information content (AvgIpc) is 2.93. The van der Waals surface area contributed by atoms with Crippen LogP contribution in [0.1, 0.15) is 28.8 Å². The number of H-pyrrole nitrogens is 1. The van der Waals surface area contributed by atoms with E-state index in [1.54, 1.807) is 6.92 Å². The molecule has 0 fully saturated rings. The molecule has 9 heteroatoms. The fourth-order valence-electron chi connectivity index (χ4n) is 2.69. The van der Waals surface area contributed by atoms with Crippen LogP contribution in [0.5, 0.6) is 0 Å². The zero-order valence-corrected chi connectivity index (χ0v) is 15.2. The summed E-state index contributed by atoms with van der Waals surface area (Å²) in [6, 6.07) is 10.3. The number of nitriles is 1. The molecule has 1 atom stereocenters. The molecule has 0 spiro atoms. The van der Waals surface area contributed by atoms with Gasteiger partial charge in [-0.1, -0.05) is 30.3 Å². The van der Waals surface area contributed by atoms with Crippen LogP contribution in [-0.2, 0) is 20.8 Å². The monoisotopic (exact) mass is 384 g/mol. The van der Waals surface area contributed by atoms with Crippen LogP contribution in [0.4, 0.5) is 5.82 Å². The van der Waals surface area contributed by atoms with Gasteiger partial charge in [0, 0.05) is 12.1 Å². The number of hydrogen-bond donors (Lipinski definition) is 5. The first-order chi connectivity index (χ1) is 13.3. The van der Waals surface area contributed by atoms with Gasteiger partial charge in [-0.3, -0.25) is 19.7 Å². The lowest BCUT2D eigenvalue weighted by Crippen LogP contribution is -2.42. The van der Waals surface area contributed by atoms with Crippen LogP contribution in [0.15, 0.2) is 30.3 Å². The predicted molar refractivity (Wildman–Crippen MR) is 99.8 cm³/mol. The Bertz CT molecular complexity index is 914. The Hall–Kier alpha value is -3.64. The van der Waals surface area contributed by atoms with E-state index in [9.17, 15) is 19.6 Å². The van der Waals surface area contributed by atoms with Crippen LogP contribution in [0.3, 0.4) is 0 Å². The smallest absolute Gasteiger partial charge is 0.321 e. The van der Waals surface area contributed by atoms with Crippen molar-refractivity contribution in [2.45, 2.75) is 25.8 Å². The molecular formula is C19H20N4O5. The number of rotatable bonds is 9. The van der Waals surface area contributed by atoms with Crippen LogP contribution in [-0.4, -0.2) is 45.6 Å². The molecule has 146 valence electrons. The quantitative estimate of drug-likeness (QED) is 0.435. The summed E-state index contributed by atoms with van der Waals surface area (Å²) >= 11 is 0. The number of nitrogens with zero attached hydrogens (tertiary/aromatic N) is 1. The van der Waals surface area contributed by atoms with E-state index in [2.05, 4.69) is 15.6 Å². The number of carbonyl (C=O) groups is 3. The summed E-state index contributed by atoms with van der Waals surface area (Å²) in [6.45, 7) is 1.17. The zero-order valence-electron chi connectivity index (χ0n) is 15.2. The first-order valence-electron chi connectivity index (χ1n) is 8.45. The number of carboxylic acid groups (broad SMARTS) is 2. The van der Waals surface area contributed by atoms with E-state index in [0.717, 1.165) is 11.3 Å². The molecule has 0 aliphatic rings. The van der Waals surface area contributed by atoms with Gasteiger partial charge in [0.15, 0.2) is 0 Å². The highest BCUT2D eigenvalue weighted by atomic mass is 16.4. The number of aromatic nitrogens is 1. The topological polar surface area (TPSA) is 155 Å². The number of nitrogens with one attached hydrogen (secondary N) is 3. The summed E-state index contributed by atoms with van der Waals surface area (Å²) in [6.07, 6.45) is 0.0503. The van der Waals surface area contributed by atoms with Gasteiger partial charge in [0.1, 0.15) is 17.9 Å². The predicted octanol–water partition coefficient (Wildman–Crippen LogP) is 1.24. The van der Waals surface area contributed by atoms with Crippen LogP contribution in [0, 0.1) is 18.3 Å². The molecule has 2 aromatic rings. The van der Waals surface area contributed by atoms with E-state index in [4.69, 9.17) is 10.2 Å². The van der Waals surface area contributed by atoms with Gasteiger partial charge in [-0.05, 0) is 18.1 Å². The van der Waals surface area contributed by atoms with Crippen molar-refractivity contribution in [1.82, 2.24) is 10.3 Å². The van der Waals surface area contributed by atoms with Crippen molar-refractivity contribution >= 4 is 23.7 Å². The van der Waals surface area contributed by atoms with Gasteiger partial charge >= 0.3 is 11.9 Å². The highest BCUT2D eigenvalue weighted by Crippen LogP contribution is 2.24. The molecule has 1 amide bonds. The fourth-order valence-corrected chi connectivity index (χ4v) is 2.69. The number of aromatic amines is 1. The minimum Gasteiger partial charge on any atom is -0.480 e. The second-order valence-corrected chi connectivity index (χ2v) is 6.17. The third kappa shape index (κ3) is 5.43. The summed E-state index contributed by atoms with van der Waals surface area (Å²) in [7, 11) is 0. The van der Waals surface area contributed by atoms with Crippen molar-refractivity contribution in [2.75, 3.05) is 11.9 Å². The van der Waals surface area contributed by atoms with Crippen molar-refractivity contribution < 1.29 is 24.6 Å². The van der Waals surface area contributed by atoms with Gasteiger partial charge in [0.2, 0.25) is 5.91 Å². The van der Waals surface area contributed by atoms with Crippen LogP contribution in [0.25, 0.3) is 0 Å². The lowest BCUT2D eigenvalue weighted by atomic mass is 10.1. The fraction of sp³-hybridized carbons (Fsp3) is 0.263. The Kier molecular flexibility index (Phi) is 6.90. The first-order valence-corrected chi connectivity index (χ1v) is 8.45. The standard InChI is InChI=1S/C19H20N4O5/c1-11-13(9-20)18(22-14(11)7-12-5-3-2-4-6-12)23-16(24)8-15(19(27)28)21-10-17(25)26/h2-6,15,21-22H,7-8,10H2,1H3,(H,23,24)(H,25,26)(H,27,28). The van der Waals surface area contributed by atoms with E-state index in [0.29, 0.717) is 12.0 Å². The van der Waals surface area contributed by atoms with Gasteiger partial charge < -0.3 is 20.5 Å². The minimum absolute atomic E-state index is 0.193. The van der Waals surface area contributed by atoms with Crippen LogP contribution >= 0.6 is 0 Å². The summed E-state index contributed by atoms with van der Waals surface area (Å²) in [5, 5.41) is 32.0. The highest BCUT2D eigenvalue weighted by Gasteiger charge is 2.23. The van der Waals surface area contributed by atoms with E-state index < -0.39 is 36.9 Å². The van der Waals surface area contributed by atoms with Gasteiger partial charge in [-0.2, -0.15) is 5.26 Å². The second kappa shape index (κ2) is 9.34. The van der Waals surface area contributed by atoms with Gasteiger partial charge in [0.25, 0.3) is 0 Å². The van der Waals surface area contributed by atoms with Crippen molar-refractivity contribution in [3.63, 3.8) is 0 Å². The molecule has 0 radical (unpaired) electrons. The molecule has 28 heavy (non-hydrogen) atoms. The summed E-state index contributed by atoms with van der Waals surface area (Å²) in [5.41, 5.74) is 2.75. The molecule has 0 saturated carbocycles. The molecule has 1 aromatic heterocycles. The number of aliphatic carboxylic acids is 2. The molecule has 1 unspecified atom stereocenters. The number of hydrogen-bond acceptors (Lipinski definition) is 5. The lowest BCUT2D eigenvalue weighted by Gasteiger charge is -2.12. The largest absolute Gasteiger partial charge is 0.480 e. The summed E-state index contributed by atoms with van der Waals surface area (Å²) in [4.78, 5) is 37.0. The molecule has 9 nitrogen and oxygen atoms in total. The van der Waals surface area contributed by atoms with Crippen LogP contribution in [0.2, 0.25) is 0 Å². The number of benzene rings is 1. The Morgan fingerprint density at radius 3 is 2.46 bits per heavy atom. The van der Waals surface area contributed by atoms with Gasteiger partial charge in [-0.25, -0.2) is 0 Å². The molecule has 0 bridgehead atoms. The number of carbonyl (C=O) groups excluding carboxylic acids is 1. The number of carboxylic acids is 2. The molecule has 0 aliphatic carbocycles. The van der Waals surface area contributed by atoms with Gasteiger partial charge in [0.05, 0.1) is 18.5 Å². The maximum atomic E-state index is 12.2. The van der Waals surface area contributed by atoms with Gasteiger partial charge in [-0.15, -0.1) is 0 Å². The average molecular weight is 384 g/mol. The SMILES string of the molecule is Cc1c(Cc2ccccc2)[nH]c(NC(=O)CC(NCC(=O)O)C(=O)O)c1C#N. The van der Waals surface area contributed by atoms with Crippen LogP contribution < -0.4 is 10.6 Å². The third-order valence-corrected chi connectivity index (χ3v) is 4.14. The first kappa shape index (κ1) is 20.7. The molecule has 0 saturated heterocycles. The Balaban J connectivity index is 2.13. The molecule has 0 aliphatic heterocycles. The van der Waals surface area contributed by atoms with Crippen molar-refractivity contribution in [1.29, 1.82) is 5.26 Å². The van der Waals surface area contributed by atoms with Crippen molar-refractivity contribution in [3.8, 4) is 6.07 Å². The second-order valence-electron chi connectivity index (χ2n) is 6.17. The van der Waals surface area contributed by atoms with Crippen molar-refractivity contribution in [2.24, 2.45) is 0 Å². The number of anilines is 1. The van der Waals surface area contributed by atoms with E-state index >= 15 is 0 Å². The zero-order chi connectivity index (χ0) is 20.7. The maximum absolute atomic E-state index is 12.2. The maximum Gasteiger partial charge on any atom is 0.321 e. The Morgan fingerprint density at radius 1 is 1.21 bits per heavy atom. The molecular weight excluding hydrogens is 364 g/mol. The van der Waals surface area contributed by atoms with E-state index in [1.807, 2.05) is 36.4 Å². The third-order valence-electron chi connectivity index (χ3n) is 4.14. The molecule has 2 rings (SSSR count). The summed E-state index contributed by atoms with van der Waals surface area (Å²) < 4.78 is 0. The lowest BCUT2D eigenvalue weighted by molar-refractivity contribution is -0.142. The minimum atomic E-state index is -1.36. The molecule has 5 N–H and O–H groups in total. The number of amides is 1.